The molecule has 0 unspecified atom stereocenters. The summed E-state index contributed by atoms with van der Waals surface area (Å²) in [6.45, 7) is 6.40. The van der Waals surface area contributed by atoms with Crippen LogP contribution >= 0.6 is 11.3 Å². The predicted molar refractivity (Wildman–Crippen MR) is 235 cm³/mol. The Morgan fingerprint density at radius 3 is 1.77 bits per heavy atom. The van der Waals surface area contributed by atoms with Crippen molar-refractivity contribution in [2.24, 2.45) is 5.73 Å². The van der Waals surface area contributed by atoms with Crippen molar-refractivity contribution < 1.29 is 0 Å². The molecule has 1 heterocycles. The van der Waals surface area contributed by atoms with Crippen molar-refractivity contribution in [3.8, 4) is 11.1 Å². The van der Waals surface area contributed by atoms with Crippen LogP contribution in [-0.2, 0) is 0 Å². The lowest BCUT2D eigenvalue weighted by atomic mass is 9.98. The summed E-state index contributed by atoms with van der Waals surface area (Å²) in [5, 5.41) is 2.58. The van der Waals surface area contributed by atoms with Gasteiger partial charge in [-0.05, 0) is 94.8 Å². The van der Waals surface area contributed by atoms with Gasteiger partial charge in [-0.15, -0.1) is 11.3 Å². The van der Waals surface area contributed by atoms with Crippen LogP contribution in [0.3, 0.4) is 0 Å². The Hall–Kier alpha value is -6.22. The third-order valence-corrected chi connectivity index (χ3v) is 10.5. The van der Waals surface area contributed by atoms with E-state index in [0.717, 1.165) is 16.7 Å². The maximum atomic E-state index is 5.74. The summed E-state index contributed by atoms with van der Waals surface area (Å²) in [6.07, 6.45) is 20.6. The Kier molecular flexibility index (Phi) is 12.6. The fourth-order valence-electron chi connectivity index (χ4n) is 6.15. The molecule has 0 saturated heterocycles. The maximum Gasteiger partial charge on any atom is 0.0433 e. The normalized spacial score (nSPS) is 12.4. The zero-order valence-electron chi connectivity index (χ0n) is 30.6. The van der Waals surface area contributed by atoms with Gasteiger partial charge in [0.1, 0.15) is 0 Å². The minimum absolute atomic E-state index is 1.11. The molecule has 0 fully saturated rings. The third-order valence-electron chi connectivity index (χ3n) is 9.23. The SMILES string of the molecule is Cc1ccccc1C.Cc1ccccc1C(/C=C\c1ccc(-c2ccccc2)cc1)=C/C=C/C=C\C(=C/C=C/N)c1cccc2c1sc1ccccc12. The molecule has 1 nitrogen and oxygen atoms in total. The number of nitrogens with two attached hydrogens (primary N) is 1. The van der Waals surface area contributed by atoms with Gasteiger partial charge in [-0.1, -0.05) is 188 Å². The topological polar surface area (TPSA) is 26.0 Å². The first-order valence-corrected chi connectivity index (χ1v) is 18.8. The summed E-state index contributed by atoms with van der Waals surface area (Å²) in [5.41, 5.74) is 18.0. The molecule has 0 aliphatic rings. The van der Waals surface area contributed by atoms with Crippen molar-refractivity contribution in [1.29, 1.82) is 0 Å². The number of fused-ring (bicyclic) bond motifs is 3. The highest BCUT2D eigenvalue weighted by Gasteiger charge is 2.10. The highest BCUT2D eigenvalue weighted by Crippen LogP contribution is 2.38. The first-order chi connectivity index (χ1) is 26.0. The van der Waals surface area contributed by atoms with Crippen LogP contribution in [0.4, 0.5) is 0 Å². The van der Waals surface area contributed by atoms with Crippen molar-refractivity contribution in [2.75, 3.05) is 0 Å². The van der Waals surface area contributed by atoms with Crippen molar-refractivity contribution in [3.05, 3.63) is 234 Å². The molecule has 0 spiro atoms. The van der Waals surface area contributed by atoms with Gasteiger partial charge >= 0.3 is 0 Å². The highest BCUT2D eigenvalue weighted by atomic mass is 32.1. The molecule has 7 rings (SSSR count). The third kappa shape index (κ3) is 9.56. The van der Waals surface area contributed by atoms with Crippen molar-refractivity contribution in [3.63, 3.8) is 0 Å². The fraction of sp³-hybridized carbons (Fsp3) is 0.0588. The second-order valence-electron chi connectivity index (χ2n) is 12.9. The van der Waals surface area contributed by atoms with Crippen LogP contribution in [0.1, 0.15) is 33.4 Å². The van der Waals surface area contributed by atoms with Gasteiger partial charge in [0.05, 0.1) is 0 Å². The first-order valence-electron chi connectivity index (χ1n) is 18.0. The molecule has 0 atom stereocenters. The fourth-order valence-corrected chi connectivity index (χ4v) is 7.39. The van der Waals surface area contributed by atoms with Crippen LogP contribution in [0, 0.1) is 20.8 Å². The molecule has 0 bridgehead atoms. The van der Waals surface area contributed by atoms with Gasteiger partial charge in [0.2, 0.25) is 0 Å². The zero-order valence-corrected chi connectivity index (χ0v) is 31.4. The lowest BCUT2D eigenvalue weighted by Crippen LogP contribution is -1.86. The van der Waals surface area contributed by atoms with E-state index in [1.54, 1.807) is 6.20 Å². The van der Waals surface area contributed by atoms with Gasteiger partial charge in [0, 0.05) is 20.2 Å². The molecular weight excluding hydrogens is 659 g/mol. The summed E-state index contributed by atoms with van der Waals surface area (Å²) in [4.78, 5) is 0. The molecule has 6 aromatic carbocycles. The molecule has 7 aromatic rings. The number of rotatable bonds is 9. The summed E-state index contributed by atoms with van der Waals surface area (Å²) in [5.74, 6) is 0. The largest absolute Gasteiger partial charge is 0.405 e. The molecule has 0 aliphatic heterocycles. The first kappa shape index (κ1) is 36.6. The van der Waals surface area contributed by atoms with Crippen molar-refractivity contribution in [2.45, 2.75) is 20.8 Å². The van der Waals surface area contributed by atoms with E-state index < -0.39 is 0 Å². The summed E-state index contributed by atoms with van der Waals surface area (Å²) in [7, 11) is 0. The Balaban J connectivity index is 0.000000533. The summed E-state index contributed by atoms with van der Waals surface area (Å²) in [6, 6.07) is 51.2. The average molecular weight is 704 g/mol. The van der Waals surface area contributed by atoms with Crippen LogP contribution in [0.2, 0.25) is 0 Å². The van der Waals surface area contributed by atoms with Crippen LogP contribution in [-0.4, -0.2) is 0 Å². The minimum atomic E-state index is 1.11. The van der Waals surface area contributed by atoms with Crippen molar-refractivity contribution in [1.82, 2.24) is 0 Å². The minimum Gasteiger partial charge on any atom is -0.405 e. The smallest absolute Gasteiger partial charge is 0.0433 e. The molecule has 0 saturated carbocycles. The van der Waals surface area contributed by atoms with Gasteiger partial charge in [-0.2, -0.15) is 0 Å². The molecule has 0 aliphatic carbocycles. The van der Waals surface area contributed by atoms with E-state index >= 15 is 0 Å². The van der Waals surface area contributed by atoms with E-state index in [-0.39, 0.29) is 0 Å². The van der Waals surface area contributed by atoms with Gasteiger partial charge in [-0.3, -0.25) is 0 Å². The Morgan fingerprint density at radius 2 is 1.06 bits per heavy atom. The quantitative estimate of drug-likeness (QED) is 0.149. The standard InChI is InChI=1S/C43H35NS.C8H10/c1-32-14-8-9-20-38(32)37(30-27-33-25-28-35(29-26-33)34-15-4-2-5-16-34)18-7-3-6-17-36(19-13-31-44)39-22-12-23-41-40-21-10-11-24-42(40)45-43(39)41;1-7-5-3-4-6-8(7)2/h2-31H,44H2,1H3;3-6H,1-2H3/b7-3+,17-6-,30-27-,31-13+,36-19+,37-18+;. The van der Waals surface area contributed by atoms with Gasteiger partial charge in [0.25, 0.3) is 0 Å². The van der Waals surface area contributed by atoms with E-state index in [9.17, 15) is 0 Å². The highest BCUT2D eigenvalue weighted by molar-refractivity contribution is 7.26. The summed E-state index contributed by atoms with van der Waals surface area (Å²) >= 11 is 1.83. The molecule has 260 valence electrons. The lowest BCUT2D eigenvalue weighted by Gasteiger charge is -2.07. The molecule has 53 heavy (non-hydrogen) atoms. The van der Waals surface area contributed by atoms with E-state index in [2.05, 4.69) is 209 Å². The Labute approximate surface area is 318 Å². The lowest BCUT2D eigenvalue weighted by molar-refractivity contribution is 1.34. The van der Waals surface area contributed by atoms with E-state index in [4.69, 9.17) is 5.73 Å². The molecule has 2 heteroatoms. The monoisotopic (exact) mass is 703 g/mol. The number of hydrogen-bond donors (Lipinski definition) is 1. The van der Waals surface area contributed by atoms with Crippen LogP contribution < -0.4 is 5.73 Å². The van der Waals surface area contributed by atoms with E-state index in [1.807, 2.05) is 23.5 Å². The molecule has 0 radical (unpaired) electrons. The predicted octanol–water partition coefficient (Wildman–Crippen LogP) is 14.1. The molecule has 0 amide bonds. The average Bonchev–Trinajstić information content (AvgIpc) is 3.59. The van der Waals surface area contributed by atoms with Crippen LogP contribution in [0.15, 0.2) is 200 Å². The van der Waals surface area contributed by atoms with E-state index in [1.165, 1.54) is 59.1 Å². The maximum absolute atomic E-state index is 5.74. The summed E-state index contributed by atoms with van der Waals surface area (Å²) < 4.78 is 2.58. The number of benzene rings is 6. The van der Waals surface area contributed by atoms with Crippen LogP contribution in [0.25, 0.3) is 48.5 Å². The number of hydrogen-bond acceptors (Lipinski definition) is 2. The van der Waals surface area contributed by atoms with Crippen LogP contribution in [0.5, 0.6) is 0 Å². The molecular formula is C51H45NS. The number of aryl methyl sites for hydroxylation is 3. The molecule has 1 aromatic heterocycles. The Bertz CT molecular complexity index is 2450. The van der Waals surface area contributed by atoms with Gasteiger partial charge < -0.3 is 5.73 Å². The second kappa shape index (κ2) is 18.3. The van der Waals surface area contributed by atoms with Gasteiger partial charge in [0.15, 0.2) is 0 Å². The number of thiophene rings is 1. The Morgan fingerprint density at radius 1 is 0.472 bits per heavy atom. The second-order valence-corrected chi connectivity index (χ2v) is 13.9. The zero-order chi connectivity index (χ0) is 36.8. The van der Waals surface area contributed by atoms with Gasteiger partial charge in [-0.25, -0.2) is 0 Å². The van der Waals surface area contributed by atoms with E-state index in [0.29, 0.717) is 0 Å². The van der Waals surface area contributed by atoms with Crippen molar-refractivity contribution >= 4 is 48.7 Å². The number of allylic oxidation sites excluding steroid dienone is 10. The molecule has 2 N–H and O–H groups in total.